The number of carbonyl (C=O) groups is 2. The molecular weight excluding hydrogens is 448 g/mol. The smallest absolute Gasteiger partial charge is 0.276 e. The summed E-state index contributed by atoms with van der Waals surface area (Å²) in [7, 11) is 0. The predicted molar refractivity (Wildman–Crippen MR) is 124 cm³/mol. The van der Waals surface area contributed by atoms with Crippen molar-refractivity contribution in [3.63, 3.8) is 0 Å². The van der Waals surface area contributed by atoms with E-state index in [1.165, 1.54) is 28.9 Å². The fraction of sp³-hybridized carbons (Fsp3) is 0.364. The highest BCUT2D eigenvalue weighted by Gasteiger charge is 2.40. The second-order valence-corrected chi connectivity index (χ2v) is 9.36. The number of nitro benzene ring substituents is 1. The number of thioether (sulfide) groups is 1. The number of non-ortho nitro benzene ring substituents is 1. The van der Waals surface area contributed by atoms with E-state index in [-0.39, 0.29) is 24.1 Å². The van der Waals surface area contributed by atoms with Gasteiger partial charge in [0, 0.05) is 12.1 Å². The van der Waals surface area contributed by atoms with E-state index >= 15 is 0 Å². The molecule has 1 fully saturated rings. The van der Waals surface area contributed by atoms with Gasteiger partial charge >= 0.3 is 0 Å². The van der Waals surface area contributed by atoms with Crippen LogP contribution in [0.25, 0.3) is 0 Å². The van der Waals surface area contributed by atoms with Gasteiger partial charge in [-0.1, -0.05) is 13.8 Å². The van der Waals surface area contributed by atoms with E-state index in [9.17, 15) is 24.6 Å². The molecule has 2 atom stereocenters. The van der Waals surface area contributed by atoms with Crippen molar-refractivity contribution in [3.05, 3.63) is 68.1 Å². The van der Waals surface area contributed by atoms with Crippen LogP contribution in [0.3, 0.4) is 0 Å². The first kappa shape index (κ1) is 24.2. The second kappa shape index (κ2) is 9.99. The molecule has 1 N–H and O–H groups in total. The van der Waals surface area contributed by atoms with E-state index in [0.717, 1.165) is 5.56 Å². The van der Waals surface area contributed by atoms with Gasteiger partial charge in [-0.15, -0.1) is 16.7 Å². The molecule has 11 heteroatoms. The highest BCUT2D eigenvalue weighted by atomic mass is 32.2. The van der Waals surface area contributed by atoms with E-state index < -0.39 is 21.5 Å². The number of rotatable bonds is 8. The molecule has 1 aliphatic heterocycles. The summed E-state index contributed by atoms with van der Waals surface area (Å²) in [5, 5.41) is 14.2. The fourth-order valence-corrected chi connectivity index (χ4v) is 4.61. The standard InChI is InChI=1S/C22H24N4O6S/c1-12(2)17-10-18(24-29)13(3)9-19(17)32-11-20(27)23-25-21(28)14(4)33-22(25)15-5-7-16(8-6-15)26(30)31/h5-10,12,14,22H,11H2,1-4H3,(H,23,27). The Morgan fingerprint density at radius 1 is 1.30 bits per heavy atom. The number of nitroso groups, excluding NO2 is 1. The van der Waals surface area contributed by atoms with Crippen molar-refractivity contribution in [2.75, 3.05) is 6.61 Å². The first-order valence-electron chi connectivity index (χ1n) is 10.3. The monoisotopic (exact) mass is 472 g/mol. The molecule has 0 bridgehead atoms. The van der Waals surface area contributed by atoms with Crippen LogP contribution in [0.1, 0.15) is 48.8 Å². The normalized spacial score (nSPS) is 17.8. The van der Waals surface area contributed by atoms with Gasteiger partial charge in [0.15, 0.2) is 6.61 Å². The zero-order valence-electron chi connectivity index (χ0n) is 18.6. The predicted octanol–water partition coefficient (Wildman–Crippen LogP) is 4.50. The van der Waals surface area contributed by atoms with Crippen molar-refractivity contribution >= 4 is 35.0 Å². The minimum Gasteiger partial charge on any atom is -0.483 e. The molecule has 0 aromatic heterocycles. The van der Waals surface area contributed by atoms with Gasteiger partial charge in [0.05, 0.1) is 10.2 Å². The quantitative estimate of drug-likeness (QED) is 0.340. The number of nitrogens with one attached hydrogen (secondary N) is 1. The number of amides is 2. The average molecular weight is 473 g/mol. The van der Waals surface area contributed by atoms with Gasteiger partial charge in [-0.25, -0.2) is 5.01 Å². The molecular formula is C22H24N4O6S. The number of benzene rings is 2. The van der Waals surface area contributed by atoms with Gasteiger partial charge in [-0.2, -0.15) is 0 Å². The summed E-state index contributed by atoms with van der Waals surface area (Å²) in [5.74, 6) is -0.313. The van der Waals surface area contributed by atoms with Gasteiger partial charge in [0.2, 0.25) is 0 Å². The van der Waals surface area contributed by atoms with E-state index in [4.69, 9.17) is 4.74 Å². The van der Waals surface area contributed by atoms with Gasteiger partial charge < -0.3 is 4.74 Å². The molecule has 0 saturated carbocycles. The minimum atomic E-state index is -0.532. The van der Waals surface area contributed by atoms with Crippen molar-refractivity contribution < 1.29 is 19.2 Å². The Labute approximate surface area is 194 Å². The van der Waals surface area contributed by atoms with Crippen molar-refractivity contribution in [1.82, 2.24) is 10.4 Å². The lowest BCUT2D eigenvalue weighted by atomic mass is 9.99. The van der Waals surface area contributed by atoms with Crippen molar-refractivity contribution in [3.8, 4) is 5.75 Å². The molecule has 2 unspecified atom stereocenters. The van der Waals surface area contributed by atoms with Crippen LogP contribution in [-0.2, 0) is 9.59 Å². The number of ether oxygens (including phenoxy) is 1. The number of nitro groups is 1. The molecule has 10 nitrogen and oxygen atoms in total. The van der Waals surface area contributed by atoms with Crippen molar-refractivity contribution in [1.29, 1.82) is 0 Å². The number of hydrogen-bond donors (Lipinski definition) is 1. The minimum absolute atomic E-state index is 0.0353. The number of hydrazine groups is 1. The Morgan fingerprint density at radius 2 is 1.97 bits per heavy atom. The van der Waals surface area contributed by atoms with E-state index in [1.807, 2.05) is 13.8 Å². The maximum Gasteiger partial charge on any atom is 0.276 e. The Morgan fingerprint density at radius 3 is 2.55 bits per heavy atom. The number of carbonyl (C=O) groups excluding carboxylic acids is 2. The van der Waals surface area contributed by atoms with Crippen LogP contribution in [0.2, 0.25) is 0 Å². The van der Waals surface area contributed by atoms with Crippen molar-refractivity contribution in [2.45, 2.75) is 44.2 Å². The lowest BCUT2D eigenvalue weighted by Crippen LogP contribution is -2.47. The Hall–Kier alpha value is -3.47. The Balaban J connectivity index is 1.73. The maximum atomic E-state index is 12.6. The molecule has 2 aromatic carbocycles. The van der Waals surface area contributed by atoms with E-state index in [1.54, 1.807) is 38.1 Å². The largest absolute Gasteiger partial charge is 0.483 e. The number of nitrogens with zero attached hydrogens (tertiary/aromatic N) is 3. The molecule has 0 spiro atoms. The third kappa shape index (κ3) is 5.30. The molecule has 1 saturated heterocycles. The lowest BCUT2D eigenvalue weighted by Gasteiger charge is -2.24. The summed E-state index contributed by atoms with van der Waals surface area (Å²) in [5.41, 5.74) is 4.88. The van der Waals surface area contributed by atoms with Crippen LogP contribution in [0.5, 0.6) is 5.75 Å². The average Bonchev–Trinajstić information content (AvgIpc) is 3.05. The van der Waals surface area contributed by atoms with Crippen LogP contribution in [0, 0.1) is 21.9 Å². The Kier molecular flexibility index (Phi) is 7.32. The van der Waals surface area contributed by atoms with E-state index in [0.29, 0.717) is 22.6 Å². The summed E-state index contributed by atoms with van der Waals surface area (Å²) in [4.78, 5) is 46.7. The van der Waals surface area contributed by atoms with Gasteiger partial charge in [-0.3, -0.25) is 25.1 Å². The molecule has 2 amide bonds. The fourth-order valence-electron chi connectivity index (χ4n) is 3.40. The second-order valence-electron chi connectivity index (χ2n) is 7.93. The van der Waals surface area contributed by atoms with Crippen LogP contribution in [-0.4, -0.2) is 33.6 Å². The van der Waals surface area contributed by atoms with Crippen molar-refractivity contribution in [2.24, 2.45) is 5.18 Å². The summed E-state index contributed by atoms with van der Waals surface area (Å²) >= 11 is 1.33. The summed E-state index contributed by atoms with van der Waals surface area (Å²) in [6.45, 7) is 6.98. The van der Waals surface area contributed by atoms with Gasteiger partial charge in [0.1, 0.15) is 16.8 Å². The zero-order chi connectivity index (χ0) is 24.3. The van der Waals surface area contributed by atoms with Crippen LogP contribution in [0.4, 0.5) is 11.4 Å². The lowest BCUT2D eigenvalue weighted by molar-refractivity contribution is -0.384. The topological polar surface area (TPSA) is 131 Å². The highest BCUT2D eigenvalue weighted by Crippen LogP contribution is 2.42. The molecule has 0 aliphatic carbocycles. The van der Waals surface area contributed by atoms with Crippen LogP contribution < -0.4 is 10.2 Å². The molecule has 174 valence electrons. The maximum absolute atomic E-state index is 12.6. The van der Waals surface area contributed by atoms with Crippen LogP contribution >= 0.6 is 11.8 Å². The number of hydrogen-bond acceptors (Lipinski definition) is 8. The summed E-state index contributed by atoms with van der Waals surface area (Å²) in [6, 6.07) is 9.17. The van der Waals surface area contributed by atoms with Gasteiger partial charge in [-0.05, 0) is 65.9 Å². The third-order valence-corrected chi connectivity index (χ3v) is 6.55. The molecule has 1 aliphatic rings. The van der Waals surface area contributed by atoms with Gasteiger partial charge in [0.25, 0.3) is 17.5 Å². The highest BCUT2D eigenvalue weighted by molar-refractivity contribution is 8.01. The molecule has 1 heterocycles. The Bertz CT molecular complexity index is 1090. The molecule has 2 aromatic rings. The van der Waals surface area contributed by atoms with E-state index in [2.05, 4.69) is 10.6 Å². The zero-order valence-corrected chi connectivity index (χ0v) is 19.4. The SMILES string of the molecule is Cc1cc(OCC(=O)NN2C(=O)C(C)SC2c2ccc([N+](=O)[O-])cc2)c(C(C)C)cc1N=O. The third-order valence-electron chi connectivity index (χ3n) is 5.19. The first-order chi connectivity index (χ1) is 15.6. The number of aryl methyl sites for hydroxylation is 1. The summed E-state index contributed by atoms with van der Waals surface area (Å²) < 4.78 is 5.72. The first-order valence-corrected chi connectivity index (χ1v) is 11.2. The molecule has 3 rings (SSSR count). The molecule has 33 heavy (non-hydrogen) atoms. The van der Waals surface area contributed by atoms with Crippen LogP contribution in [0.15, 0.2) is 41.6 Å². The summed E-state index contributed by atoms with van der Waals surface area (Å²) in [6.07, 6.45) is 0. The molecule has 0 radical (unpaired) electrons.